The third-order valence-corrected chi connectivity index (χ3v) is 3.23. The number of amidine groups is 1. The third kappa shape index (κ3) is 5.58. The highest BCUT2D eigenvalue weighted by Gasteiger charge is 2.30. The quantitative estimate of drug-likeness (QED) is 0.678. The summed E-state index contributed by atoms with van der Waals surface area (Å²) in [5.41, 5.74) is -0.681. The average molecular weight is 328 g/mol. The van der Waals surface area contributed by atoms with E-state index in [1.165, 1.54) is 0 Å². The van der Waals surface area contributed by atoms with E-state index < -0.39 is 17.6 Å². The number of ether oxygens (including phenoxy) is 1. The molecule has 0 spiro atoms. The Hall–Kier alpha value is -2.05. The number of carbonyl (C=O) groups is 1. The summed E-state index contributed by atoms with van der Waals surface area (Å²) in [5.74, 6) is -0.0161. The zero-order valence-electron chi connectivity index (χ0n) is 13.0. The van der Waals surface area contributed by atoms with Crippen LogP contribution in [0.2, 0.25) is 0 Å². The lowest BCUT2D eigenvalue weighted by atomic mass is 10.1. The highest BCUT2D eigenvalue weighted by molar-refractivity contribution is 6.04. The number of halogens is 3. The van der Waals surface area contributed by atoms with Gasteiger partial charge in [0.15, 0.2) is 0 Å². The molecule has 1 aromatic rings. The van der Waals surface area contributed by atoms with Gasteiger partial charge in [0.1, 0.15) is 0 Å². The summed E-state index contributed by atoms with van der Waals surface area (Å²) in [6.07, 6.45) is -2.36. The van der Waals surface area contributed by atoms with Crippen LogP contribution in [0.3, 0.4) is 0 Å². The second-order valence-electron chi connectivity index (χ2n) is 5.79. The van der Waals surface area contributed by atoms with Crippen LogP contribution in [0.1, 0.15) is 42.6 Å². The number of hydrogen-bond donors (Lipinski definition) is 1. The van der Waals surface area contributed by atoms with E-state index in [9.17, 15) is 18.0 Å². The van der Waals surface area contributed by atoms with Gasteiger partial charge in [-0.15, -0.1) is 0 Å². The molecule has 0 heterocycles. The maximum Gasteiger partial charge on any atom is 0.416 e. The lowest BCUT2D eigenvalue weighted by molar-refractivity contribution is -0.137. The second-order valence-corrected chi connectivity index (χ2v) is 5.79. The van der Waals surface area contributed by atoms with E-state index in [0.29, 0.717) is 12.5 Å². The SMILES string of the molecule is CC(C)OC(=NCC1CC1)NC(=O)c1ccc(C(F)(F)F)cc1. The molecule has 0 unspecified atom stereocenters. The summed E-state index contributed by atoms with van der Waals surface area (Å²) in [7, 11) is 0. The molecule has 2 rings (SSSR count). The van der Waals surface area contributed by atoms with Crippen molar-refractivity contribution in [2.24, 2.45) is 10.9 Å². The lowest BCUT2D eigenvalue weighted by Crippen LogP contribution is -2.34. The minimum Gasteiger partial charge on any atom is -0.462 e. The molecule has 1 aliphatic carbocycles. The number of rotatable bonds is 4. The predicted octanol–water partition coefficient (Wildman–Crippen LogP) is 3.63. The number of aliphatic imine (C=N–C) groups is 1. The minimum atomic E-state index is -4.42. The molecule has 0 atom stereocenters. The largest absolute Gasteiger partial charge is 0.462 e. The summed E-state index contributed by atoms with van der Waals surface area (Å²) < 4.78 is 43.0. The number of alkyl halides is 3. The van der Waals surface area contributed by atoms with E-state index in [2.05, 4.69) is 10.3 Å². The molecule has 1 aromatic carbocycles. The second kappa shape index (κ2) is 7.02. The highest BCUT2D eigenvalue weighted by atomic mass is 19.4. The van der Waals surface area contributed by atoms with Crippen LogP contribution in [0.15, 0.2) is 29.3 Å². The molecular formula is C16H19F3N2O2. The first-order chi connectivity index (χ1) is 10.8. The summed E-state index contributed by atoms with van der Waals surface area (Å²) in [6.45, 7) is 4.18. The van der Waals surface area contributed by atoms with Crippen LogP contribution in [0.25, 0.3) is 0 Å². The van der Waals surface area contributed by atoms with E-state index in [-0.39, 0.29) is 17.7 Å². The molecule has 1 fully saturated rings. The molecule has 0 bridgehead atoms. The summed E-state index contributed by atoms with van der Waals surface area (Å²) in [6, 6.07) is 4.12. The number of hydrogen-bond acceptors (Lipinski definition) is 3. The van der Waals surface area contributed by atoms with Crippen LogP contribution in [0, 0.1) is 5.92 Å². The zero-order chi connectivity index (χ0) is 17.0. The Morgan fingerprint density at radius 2 is 1.91 bits per heavy atom. The van der Waals surface area contributed by atoms with Crippen LogP contribution in [0.4, 0.5) is 13.2 Å². The molecule has 0 saturated heterocycles. The molecule has 0 radical (unpaired) electrons. The standard InChI is InChI=1S/C16H19F3N2O2/c1-10(2)23-15(20-9-11-3-4-11)21-14(22)12-5-7-13(8-6-12)16(17,18)19/h5-8,10-11H,3-4,9H2,1-2H3,(H,20,21,22). The first kappa shape index (κ1) is 17.3. The van der Waals surface area contributed by atoms with Crippen molar-refractivity contribution < 1.29 is 22.7 Å². The van der Waals surface area contributed by atoms with Crippen molar-refractivity contribution in [2.45, 2.75) is 39.0 Å². The molecule has 126 valence electrons. The fourth-order valence-corrected chi connectivity index (χ4v) is 1.82. The molecule has 7 heteroatoms. The van der Waals surface area contributed by atoms with Crippen molar-refractivity contribution in [3.8, 4) is 0 Å². The van der Waals surface area contributed by atoms with Crippen LogP contribution in [-0.2, 0) is 10.9 Å². The van der Waals surface area contributed by atoms with Gasteiger partial charge in [-0.05, 0) is 56.9 Å². The van der Waals surface area contributed by atoms with Gasteiger partial charge in [-0.3, -0.25) is 10.1 Å². The third-order valence-electron chi connectivity index (χ3n) is 3.23. The molecule has 1 saturated carbocycles. The zero-order valence-corrected chi connectivity index (χ0v) is 13.0. The van der Waals surface area contributed by atoms with Crippen LogP contribution in [-0.4, -0.2) is 24.6 Å². The average Bonchev–Trinajstić information content (AvgIpc) is 3.27. The van der Waals surface area contributed by atoms with E-state index >= 15 is 0 Å². The van der Waals surface area contributed by atoms with E-state index in [4.69, 9.17) is 4.74 Å². The fraction of sp³-hybridized carbons (Fsp3) is 0.500. The molecule has 1 N–H and O–H groups in total. The first-order valence-corrected chi connectivity index (χ1v) is 7.45. The Morgan fingerprint density at radius 3 is 2.39 bits per heavy atom. The highest BCUT2D eigenvalue weighted by Crippen LogP contribution is 2.29. The maximum absolute atomic E-state index is 12.5. The van der Waals surface area contributed by atoms with E-state index in [0.717, 1.165) is 37.1 Å². The molecule has 4 nitrogen and oxygen atoms in total. The van der Waals surface area contributed by atoms with Gasteiger partial charge >= 0.3 is 6.18 Å². The van der Waals surface area contributed by atoms with Crippen LogP contribution < -0.4 is 5.32 Å². The fourth-order valence-electron chi connectivity index (χ4n) is 1.82. The Labute approximate surface area is 132 Å². The number of carbonyl (C=O) groups excluding carboxylic acids is 1. The van der Waals surface area contributed by atoms with Crippen molar-refractivity contribution in [1.29, 1.82) is 0 Å². The van der Waals surface area contributed by atoms with Gasteiger partial charge < -0.3 is 4.74 Å². The molecular weight excluding hydrogens is 309 g/mol. The van der Waals surface area contributed by atoms with Gasteiger partial charge in [-0.2, -0.15) is 13.2 Å². The van der Waals surface area contributed by atoms with E-state index in [1.54, 1.807) is 13.8 Å². The van der Waals surface area contributed by atoms with Crippen molar-refractivity contribution in [1.82, 2.24) is 5.32 Å². The summed E-state index contributed by atoms with van der Waals surface area (Å²) in [4.78, 5) is 16.3. The smallest absolute Gasteiger partial charge is 0.416 e. The van der Waals surface area contributed by atoms with Crippen LogP contribution >= 0.6 is 0 Å². The topological polar surface area (TPSA) is 50.7 Å². The van der Waals surface area contributed by atoms with Gasteiger partial charge in [0.05, 0.1) is 11.7 Å². The monoisotopic (exact) mass is 328 g/mol. The Morgan fingerprint density at radius 1 is 1.30 bits per heavy atom. The predicted molar refractivity (Wildman–Crippen MR) is 80.2 cm³/mol. The minimum absolute atomic E-state index is 0.108. The van der Waals surface area contributed by atoms with Crippen molar-refractivity contribution in [3.05, 3.63) is 35.4 Å². The van der Waals surface area contributed by atoms with Crippen molar-refractivity contribution in [3.63, 3.8) is 0 Å². The number of nitrogens with zero attached hydrogens (tertiary/aromatic N) is 1. The van der Waals surface area contributed by atoms with Gasteiger partial charge in [0, 0.05) is 12.1 Å². The summed E-state index contributed by atoms with van der Waals surface area (Å²) in [5, 5.41) is 2.51. The molecule has 0 aromatic heterocycles. The van der Waals surface area contributed by atoms with Gasteiger partial charge in [0.25, 0.3) is 11.9 Å². The van der Waals surface area contributed by atoms with Gasteiger partial charge in [0.2, 0.25) is 0 Å². The van der Waals surface area contributed by atoms with E-state index in [1.807, 2.05) is 0 Å². The molecule has 23 heavy (non-hydrogen) atoms. The number of nitrogens with one attached hydrogen (secondary N) is 1. The number of amides is 1. The van der Waals surface area contributed by atoms with Crippen molar-refractivity contribution in [2.75, 3.05) is 6.54 Å². The van der Waals surface area contributed by atoms with Crippen LogP contribution in [0.5, 0.6) is 0 Å². The van der Waals surface area contributed by atoms with Gasteiger partial charge in [-0.25, -0.2) is 4.99 Å². The molecule has 0 aliphatic heterocycles. The maximum atomic E-state index is 12.5. The first-order valence-electron chi connectivity index (χ1n) is 7.45. The lowest BCUT2D eigenvalue weighted by Gasteiger charge is -2.14. The Kier molecular flexibility index (Phi) is 5.28. The van der Waals surface area contributed by atoms with Gasteiger partial charge in [-0.1, -0.05) is 0 Å². The molecule has 1 amide bonds. The Balaban J connectivity index is 2.03. The Bertz CT molecular complexity index is 576. The summed E-state index contributed by atoms with van der Waals surface area (Å²) >= 11 is 0. The number of benzene rings is 1. The normalized spacial score (nSPS) is 15.7. The van der Waals surface area contributed by atoms with Crippen molar-refractivity contribution >= 4 is 11.9 Å². The molecule has 1 aliphatic rings.